The smallest absolute Gasteiger partial charge is 0.241 e. The molecule has 1 heterocycles. The molecule has 0 saturated carbocycles. The molecule has 2 rings (SSSR count). The van der Waals surface area contributed by atoms with E-state index in [1.54, 1.807) is 0 Å². The van der Waals surface area contributed by atoms with Gasteiger partial charge in [0.25, 0.3) is 0 Å². The molecule has 2 atom stereocenters. The molecule has 0 bridgehead atoms. The molecule has 1 aliphatic rings. The Bertz CT molecular complexity index is 478. The molecule has 116 valence electrons. The van der Waals surface area contributed by atoms with Gasteiger partial charge in [0.2, 0.25) is 5.91 Å². The van der Waals surface area contributed by atoms with Gasteiger partial charge in [-0.05, 0) is 37.3 Å². The second-order valence-electron chi connectivity index (χ2n) is 5.70. The first kappa shape index (κ1) is 16.4. The van der Waals surface area contributed by atoms with E-state index in [1.807, 2.05) is 16.7 Å². The lowest BCUT2D eigenvalue weighted by molar-refractivity contribution is -0.130. The van der Waals surface area contributed by atoms with Crippen molar-refractivity contribution in [1.29, 1.82) is 0 Å². The highest BCUT2D eigenvalue weighted by atomic mass is 32.2. The van der Waals surface area contributed by atoms with E-state index < -0.39 is 0 Å². The molecular weight excluding hydrogens is 280 g/mol. The maximum atomic E-state index is 12.6. The van der Waals surface area contributed by atoms with Crippen LogP contribution in [0.25, 0.3) is 0 Å². The number of amides is 1. The number of aryl methyl sites for hydroxylation is 1. The number of thioether (sulfide) groups is 1. The number of nitrogens with zero attached hydrogens (tertiary/aromatic N) is 1. The molecular formula is C17H26N2OS. The molecule has 1 aromatic carbocycles. The summed E-state index contributed by atoms with van der Waals surface area (Å²) in [5.41, 5.74) is 2.44. The summed E-state index contributed by atoms with van der Waals surface area (Å²) >= 11 is 1.84. The minimum absolute atomic E-state index is 0.0187. The van der Waals surface area contributed by atoms with E-state index in [-0.39, 0.29) is 18.1 Å². The van der Waals surface area contributed by atoms with Gasteiger partial charge in [0.15, 0.2) is 0 Å². The van der Waals surface area contributed by atoms with Crippen molar-refractivity contribution in [2.75, 3.05) is 18.6 Å². The Morgan fingerprint density at radius 2 is 2.19 bits per heavy atom. The second kappa shape index (κ2) is 7.85. The van der Waals surface area contributed by atoms with Gasteiger partial charge < -0.3 is 4.90 Å². The molecule has 1 N–H and O–H groups in total. The molecule has 0 radical (unpaired) electrons. The molecule has 1 fully saturated rings. The monoisotopic (exact) mass is 306 g/mol. The Balaban J connectivity index is 2.16. The average Bonchev–Trinajstić information content (AvgIpc) is 2.77. The summed E-state index contributed by atoms with van der Waals surface area (Å²) in [7, 11) is 0. The average molecular weight is 306 g/mol. The maximum absolute atomic E-state index is 12.6. The topological polar surface area (TPSA) is 32.3 Å². The summed E-state index contributed by atoms with van der Waals surface area (Å²) < 4.78 is 0. The fourth-order valence-corrected chi connectivity index (χ4v) is 3.33. The van der Waals surface area contributed by atoms with E-state index in [0.717, 1.165) is 31.6 Å². The van der Waals surface area contributed by atoms with Crippen LogP contribution in [-0.4, -0.2) is 35.4 Å². The lowest BCUT2D eigenvalue weighted by atomic mass is 10.1. The van der Waals surface area contributed by atoms with Gasteiger partial charge in [0.05, 0.1) is 6.04 Å². The predicted octanol–water partition coefficient (Wildman–Crippen LogP) is 3.35. The van der Waals surface area contributed by atoms with Crippen molar-refractivity contribution in [2.45, 2.75) is 45.3 Å². The van der Waals surface area contributed by atoms with Crippen molar-refractivity contribution in [3.8, 4) is 0 Å². The summed E-state index contributed by atoms with van der Waals surface area (Å²) in [4.78, 5) is 14.6. The van der Waals surface area contributed by atoms with Crippen molar-refractivity contribution >= 4 is 17.7 Å². The lowest BCUT2D eigenvalue weighted by Crippen LogP contribution is -2.32. The molecule has 0 spiro atoms. The Labute approximate surface area is 132 Å². The van der Waals surface area contributed by atoms with Crippen molar-refractivity contribution in [3.05, 3.63) is 35.4 Å². The van der Waals surface area contributed by atoms with E-state index in [1.165, 1.54) is 11.1 Å². The van der Waals surface area contributed by atoms with Crippen LogP contribution in [0.2, 0.25) is 0 Å². The number of carbonyl (C=O) groups excluding carboxylic acids is 1. The highest BCUT2D eigenvalue weighted by Crippen LogP contribution is 2.27. The van der Waals surface area contributed by atoms with E-state index in [2.05, 4.69) is 49.7 Å². The molecule has 1 saturated heterocycles. The van der Waals surface area contributed by atoms with Gasteiger partial charge in [-0.25, -0.2) is 0 Å². The summed E-state index contributed by atoms with van der Waals surface area (Å²) in [6.07, 6.45) is 5.15. The van der Waals surface area contributed by atoms with Crippen LogP contribution in [0.4, 0.5) is 0 Å². The van der Waals surface area contributed by atoms with Gasteiger partial charge in [-0.1, -0.05) is 43.2 Å². The fraction of sp³-hybridized carbons (Fsp3) is 0.588. The van der Waals surface area contributed by atoms with Crippen LogP contribution >= 0.6 is 11.8 Å². The summed E-state index contributed by atoms with van der Waals surface area (Å²) in [6, 6.07) is 8.45. The van der Waals surface area contributed by atoms with Gasteiger partial charge in [0, 0.05) is 6.54 Å². The number of nitrogens with one attached hydrogen (secondary N) is 1. The molecule has 2 unspecified atom stereocenters. The van der Waals surface area contributed by atoms with E-state index in [4.69, 9.17) is 0 Å². The third-order valence-electron chi connectivity index (χ3n) is 3.93. The van der Waals surface area contributed by atoms with E-state index in [0.29, 0.717) is 0 Å². The van der Waals surface area contributed by atoms with Crippen molar-refractivity contribution in [2.24, 2.45) is 0 Å². The van der Waals surface area contributed by atoms with Gasteiger partial charge >= 0.3 is 0 Å². The Hall–Kier alpha value is -1.00. The van der Waals surface area contributed by atoms with Gasteiger partial charge in [0.1, 0.15) is 6.17 Å². The molecule has 21 heavy (non-hydrogen) atoms. The van der Waals surface area contributed by atoms with Gasteiger partial charge in [-0.15, -0.1) is 0 Å². The Morgan fingerprint density at radius 1 is 1.38 bits per heavy atom. The predicted molar refractivity (Wildman–Crippen MR) is 90.5 cm³/mol. The zero-order valence-electron chi connectivity index (χ0n) is 13.3. The van der Waals surface area contributed by atoms with E-state index >= 15 is 0 Å². The van der Waals surface area contributed by atoms with Gasteiger partial charge in [-0.2, -0.15) is 11.8 Å². The number of rotatable bonds is 7. The third kappa shape index (κ3) is 4.01. The van der Waals surface area contributed by atoms with Crippen molar-refractivity contribution in [3.63, 3.8) is 0 Å². The standard InChI is InChI=1S/C17H26N2OS/c1-4-7-15-17(20)19(10-6-11-21-3)16(18-15)14-9-5-8-13(2)12-14/h5,8-9,12,15-16,18H,4,6-7,10-11H2,1-3H3. The summed E-state index contributed by atoms with van der Waals surface area (Å²) in [5, 5.41) is 3.53. The number of hydrogen-bond donors (Lipinski definition) is 1. The largest absolute Gasteiger partial charge is 0.322 e. The molecule has 1 aromatic rings. The van der Waals surface area contributed by atoms with Crippen molar-refractivity contribution < 1.29 is 4.79 Å². The fourth-order valence-electron chi connectivity index (χ4n) is 2.91. The molecule has 0 aliphatic carbocycles. The van der Waals surface area contributed by atoms with Crippen LogP contribution in [0.15, 0.2) is 24.3 Å². The SMILES string of the molecule is CCCC1NC(c2cccc(C)c2)N(CCCSC)C1=O. The first-order valence-electron chi connectivity index (χ1n) is 7.79. The normalized spacial score (nSPS) is 22.0. The highest BCUT2D eigenvalue weighted by molar-refractivity contribution is 7.98. The highest BCUT2D eigenvalue weighted by Gasteiger charge is 2.38. The molecule has 4 heteroatoms. The molecule has 1 aliphatic heterocycles. The number of hydrogen-bond acceptors (Lipinski definition) is 3. The molecule has 3 nitrogen and oxygen atoms in total. The lowest BCUT2D eigenvalue weighted by Gasteiger charge is -2.24. The van der Waals surface area contributed by atoms with Crippen LogP contribution in [0.1, 0.15) is 43.5 Å². The van der Waals surface area contributed by atoms with E-state index in [9.17, 15) is 4.79 Å². The van der Waals surface area contributed by atoms with Crippen LogP contribution in [-0.2, 0) is 4.79 Å². The molecule has 0 aromatic heterocycles. The third-order valence-corrected chi connectivity index (χ3v) is 4.63. The van der Waals surface area contributed by atoms with Crippen LogP contribution in [0.5, 0.6) is 0 Å². The van der Waals surface area contributed by atoms with Crippen LogP contribution in [0, 0.1) is 6.92 Å². The first-order chi connectivity index (χ1) is 10.2. The second-order valence-corrected chi connectivity index (χ2v) is 6.69. The zero-order valence-corrected chi connectivity index (χ0v) is 14.1. The number of benzene rings is 1. The van der Waals surface area contributed by atoms with Crippen LogP contribution < -0.4 is 5.32 Å². The zero-order chi connectivity index (χ0) is 15.2. The summed E-state index contributed by atoms with van der Waals surface area (Å²) in [5.74, 6) is 1.37. The minimum atomic E-state index is -0.0187. The Kier molecular flexibility index (Phi) is 6.12. The number of carbonyl (C=O) groups is 1. The quantitative estimate of drug-likeness (QED) is 0.784. The summed E-state index contributed by atoms with van der Waals surface area (Å²) in [6.45, 7) is 5.07. The Morgan fingerprint density at radius 3 is 2.86 bits per heavy atom. The first-order valence-corrected chi connectivity index (χ1v) is 9.18. The molecule has 1 amide bonds. The maximum Gasteiger partial charge on any atom is 0.241 e. The van der Waals surface area contributed by atoms with Crippen molar-refractivity contribution in [1.82, 2.24) is 10.2 Å². The minimum Gasteiger partial charge on any atom is -0.322 e. The van der Waals surface area contributed by atoms with Crippen LogP contribution in [0.3, 0.4) is 0 Å². The van der Waals surface area contributed by atoms with Gasteiger partial charge in [-0.3, -0.25) is 10.1 Å².